The maximum Gasteiger partial charge on any atom is 0.305 e. The zero-order valence-corrected chi connectivity index (χ0v) is 9.11. The van der Waals surface area contributed by atoms with E-state index in [9.17, 15) is 14.5 Å². The number of nitrogens with two attached hydrogens (primary N) is 1. The van der Waals surface area contributed by atoms with Crippen LogP contribution in [0.2, 0.25) is 0 Å². The molecule has 0 unspecified atom stereocenters. The molecule has 0 saturated heterocycles. The fraction of sp³-hybridized carbons (Fsp3) is 0.455. The van der Waals surface area contributed by atoms with Crippen LogP contribution in [0.5, 0.6) is 0 Å². The Hall–Kier alpha value is -1.49. The second-order valence-electron chi connectivity index (χ2n) is 4.76. The molecule has 4 nitrogen and oxygen atoms in total. The Morgan fingerprint density at radius 1 is 1.50 bits per heavy atom. The van der Waals surface area contributed by atoms with Gasteiger partial charge in [-0.1, -0.05) is 26.0 Å². The summed E-state index contributed by atoms with van der Waals surface area (Å²) in [6.07, 6.45) is 0. The summed E-state index contributed by atoms with van der Waals surface area (Å²) in [6, 6.07) is 4.10. The van der Waals surface area contributed by atoms with Gasteiger partial charge < -0.3 is 5.73 Å². The Balaban J connectivity index is 2.45. The zero-order valence-electron chi connectivity index (χ0n) is 9.11. The first-order valence-electron chi connectivity index (χ1n) is 5.05. The Morgan fingerprint density at radius 3 is 2.50 bits per heavy atom. The summed E-state index contributed by atoms with van der Waals surface area (Å²) in [5.74, 6) is -0.883. The van der Waals surface area contributed by atoms with Crippen LogP contribution in [0, 0.1) is 21.3 Å². The quantitative estimate of drug-likeness (QED) is 0.618. The van der Waals surface area contributed by atoms with Crippen LogP contribution in [-0.4, -0.2) is 11.0 Å². The first-order chi connectivity index (χ1) is 7.37. The van der Waals surface area contributed by atoms with Gasteiger partial charge in [0.15, 0.2) is 0 Å². The monoisotopic (exact) mass is 224 g/mol. The van der Waals surface area contributed by atoms with Crippen molar-refractivity contribution in [1.82, 2.24) is 0 Å². The van der Waals surface area contributed by atoms with Crippen LogP contribution < -0.4 is 5.73 Å². The lowest BCUT2D eigenvalue weighted by Crippen LogP contribution is -2.06. The van der Waals surface area contributed by atoms with Crippen molar-refractivity contribution in [3.8, 4) is 0 Å². The SMILES string of the molecule is CC1(C)[C@@H](N)[C@@H]1c1cccc([N+](=O)[O-])c1F. The third-order valence-corrected chi connectivity index (χ3v) is 3.45. The maximum absolute atomic E-state index is 13.8. The fourth-order valence-corrected chi connectivity index (χ4v) is 2.19. The van der Waals surface area contributed by atoms with E-state index in [1.54, 1.807) is 6.07 Å². The zero-order chi connectivity index (χ0) is 12.1. The molecule has 0 radical (unpaired) electrons. The van der Waals surface area contributed by atoms with Gasteiger partial charge in [-0.2, -0.15) is 4.39 Å². The van der Waals surface area contributed by atoms with E-state index in [0.717, 1.165) is 0 Å². The Bertz CT molecular complexity index is 459. The summed E-state index contributed by atoms with van der Waals surface area (Å²) in [4.78, 5) is 9.89. The lowest BCUT2D eigenvalue weighted by molar-refractivity contribution is -0.387. The van der Waals surface area contributed by atoms with Gasteiger partial charge in [-0.15, -0.1) is 0 Å². The molecule has 2 N–H and O–H groups in total. The Morgan fingerprint density at radius 2 is 2.06 bits per heavy atom. The normalized spacial score (nSPS) is 26.5. The third-order valence-electron chi connectivity index (χ3n) is 3.45. The van der Waals surface area contributed by atoms with E-state index >= 15 is 0 Å². The van der Waals surface area contributed by atoms with E-state index in [2.05, 4.69) is 0 Å². The summed E-state index contributed by atoms with van der Waals surface area (Å²) in [5.41, 5.74) is 5.52. The first kappa shape index (κ1) is 11.0. The molecule has 1 fully saturated rings. The van der Waals surface area contributed by atoms with Crippen molar-refractivity contribution in [1.29, 1.82) is 0 Å². The smallest absolute Gasteiger partial charge is 0.305 e. The van der Waals surface area contributed by atoms with Crippen molar-refractivity contribution >= 4 is 5.69 Å². The Kier molecular flexibility index (Phi) is 2.24. The molecule has 1 aromatic carbocycles. The molecule has 0 bridgehead atoms. The van der Waals surface area contributed by atoms with E-state index < -0.39 is 16.4 Å². The van der Waals surface area contributed by atoms with Gasteiger partial charge >= 0.3 is 5.69 Å². The molecule has 2 rings (SSSR count). The highest BCUT2D eigenvalue weighted by molar-refractivity contribution is 5.43. The molecule has 0 heterocycles. The summed E-state index contributed by atoms with van der Waals surface area (Å²) in [5, 5.41) is 10.6. The van der Waals surface area contributed by atoms with Crippen LogP contribution in [0.3, 0.4) is 0 Å². The standard InChI is InChI=1S/C11H13FN2O2/c1-11(2)8(10(11)13)6-4-3-5-7(9(6)12)14(15)16/h3-5,8,10H,13H2,1-2H3/t8-,10-/m0/s1. The minimum Gasteiger partial charge on any atom is -0.327 e. The third kappa shape index (κ3) is 1.39. The average Bonchev–Trinajstić information content (AvgIpc) is 2.67. The highest BCUT2D eigenvalue weighted by Crippen LogP contribution is 2.58. The molecule has 0 aliphatic heterocycles. The van der Waals surface area contributed by atoms with Crippen molar-refractivity contribution in [2.24, 2.45) is 11.1 Å². The maximum atomic E-state index is 13.8. The predicted octanol–water partition coefficient (Wildman–Crippen LogP) is 2.18. The summed E-state index contributed by atoms with van der Waals surface area (Å²) >= 11 is 0. The van der Waals surface area contributed by atoms with Crippen molar-refractivity contribution in [3.05, 3.63) is 39.7 Å². The van der Waals surface area contributed by atoms with E-state index in [4.69, 9.17) is 5.73 Å². The molecular formula is C11H13FN2O2. The van der Waals surface area contributed by atoms with Crippen molar-refractivity contribution in [3.63, 3.8) is 0 Å². The largest absolute Gasteiger partial charge is 0.327 e. The van der Waals surface area contributed by atoms with E-state index in [-0.39, 0.29) is 17.4 Å². The highest BCUT2D eigenvalue weighted by atomic mass is 19.1. The van der Waals surface area contributed by atoms with Gasteiger partial charge in [-0.3, -0.25) is 10.1 Å². The van der Waals surface area contributed by atoms with Crippen LogP contribution in [0.4, 0.5) is 10.1 Å². The van der Waals surface area contributed by atoms with Crippen LogP contribution in [0.15, 0.2) is 18.2 Å². The van der Waals surface area contributed by atoms with Gasteiger partial charge in [0.1, 0.15) is 0 Å². The van der Waals surface area contributed by atoms with E-state index in [0.29, 0.717) is 5.56 Å². The summed E-state index contributed by atoms with van der Waals surface area (Å²) < 4.78 is 13.8. The van der Waals surface area contributed by atoms with Crippen LogP contribution in [-0.2, 0) is 0 Å². The minimum atomic E-state index is -0.751. The number of halogens is 1. The second kappa shape index (κ2) is 3.25. The van der Waals surface area contributed by atoms with Gasteiger partial charge in [-0.25, -0.2) is 0 Å². The van der Waals surface area contributed by atoms with Gasteiger partial charge in [0.05, 0.1) is 4.92 Å². The molecule has 0 aromatic heterocycles. The number of nitrogens with zero attached hydrogens (tertiary/aromatic N) is 1. The highest BCUT2D eigenvalue weighted by Gasteiger charge is 2.57. The van der Waals surface area contributed by atoms with Crippen molar-refractivity contribution < 1.29 is 9.31 Å². The number of hydrogen-bond donors (Lipinski definition) is 1. The number of nitro benzene ring substituents is 1. The van der Waals surface area contributed by atoms with Gasteiger partial charge in [0, 0.05) is 23.6 Å². The summed E-state index contributed by atoms with van der Waals surface area (Å²) in [7, 11) is 0. The molecule has 1 aromatic rings. The fourth-order valence-electron chi connectivity index (χ4n) is 2.19. The molecule has 5 heteroatoms. The van der Waals surface area contributed by atoms with E-state index in [1.807, 2.05) is 13.8 Å². The van der Waals surface area contributed by atoms with Crippen LogP contribution in [0.1, 0.15) is 25.3 Å². The van der Waals surface area contributed by atoms with Crippen molar-refractivity contribution in [2.45, 2.75) is 25.8 Å². The lowest BCUT2D eigenvalue weighted by Gasteiger charge is -2.04. The predicted molar refractivity (Wildman–Crippen MR) is 57.6 cm³/mol. The molecular weight excluding hydrogens is 211 g/mol. The van der Waals surface area contributed by atoms with Crippen molar-refractivity contribution in [2.75, 3.05) is 0 Å². The number of nitro groups is 1. The number of rotatable bonds is 2. The second-order valence-corrected chi connectivity index (χ2v) is 4.76. The minimum absolute atomic E-state index is 0.132. The molecule has 0 spiro atoms. The van der Waals surface area contributed by atoms with Gasteiger partial charge in [0.2, 0.25) is 5.82 Å². The summed E-state index contributed by atoms with van der Waals surface area (Å²) in [6.45, 7) is 3.86. The molecule has 1 aliphatic rings. The molecule has 0 amide bonds. The first-order valence-corrected chi connectivity index (χ1v) is 5.05. The van der Waals surface area contributed by atoms with Gasteiger partial charge in [0.25, 0.3) is 0 Å². The molecule has 2 atom stereocenters. The molecule has 1 saturated carbocycles. The number of benzene rings is 1. The molecule has 86 valence electrons. The lowest BCUT2D eigenvalue weighted by atomic mass is 10.0. The Labute approximate surface area is 92.4 Å². The molecule has 16 heavy (non-hydrogen) atoms. The molecule has 1 aliphatic carbocycles. The number of hydrogen-bond acceptors (Lipinski definition) is 3. The van der Waals surface area contributed by atoms with E-state index in [1.165, 1.54) is 12.1 Å². The van der Waals surface area contributed by atoms with Crippen LogP contribution >= 0.6 is 0 Å². The van der Waals surface area contributed by atoms with Crippen LogP contribution in [0.25, 0.3) is 0 Å². The topological polar surface area (TPSA) is 69.2 Å². The average molecular weight is 224 g/mol. The van der Waals surface area contributed by atoms with Gasteiger partial charge in [-0.05, 0) is 5.41 Å².